The molecule has 13 heteroatoms. The zero-order valence-electron chi connectivity index (χ0n) is 16.8. The van der Waals surface area contributed by atoms with Crippen LogP contribution in [0.5, 0.6) is 0 Å². The molecule has 0 aliphatic carbocycles. The van der Waals surface area contributed by atoms with E-state index < -0.39 is 52.4 Å². The molecule has 2 heterocycles. The summed E-state index contributed by atoms with van der Waals surface area (Å²) in [5, 5.41) is 13.1. The Bertz CT molecular complexity index is 1250. The zero-order valence-corrected chi connectivity index (χ0v) is 16.8. The quantitative estimate of drug-likeness (QED) is 0.510. The van der Waals surface area contributed by atoms with Gasteiger partial charge < -0.3 is 4.90 Å². The minimum absolute atomic E-state index is 0.0579. The largest absolute Gasteiger partial charge is 0.433 e. The molecule has 0 aliphatic rings. The molecular formula is C20H12F7N5O. The van der Waals surface area contributed by atoms with Gasteiger partial charge in [0.1, 0.15) is 28.8 Å². The van der Waals surface area contributed by atoms with E-state index in [-0.39, 0.29) is 17.4 Å². The van der Waals surface area contributed by atoms with Crippen molar-refractivity contribution in [3.63, 3.8) is 0 Å². The summed E-state index contributed by atoms with van der Waals surface area (Å²) < 4.78 is 93.9. The highest BCUT2D eigenvalue weighted by Crippen LogP contribution is 2.38. The van der Waals surface area contributed by atoms with Crippen molar-refractivity contribution in [2.24, 2.45) is 0 Å². The lowest BCUT2D eigenvalue weighted by molar-refractivity contribution is -0.145. The summed E-state index contributed by atoms with van der Waals surface area (Å²) in [4.78, 5) is 17.2. The van der Waals surface area contributed by atoms with Gasteiger partial charge in [-0.1, -0.05) is 0 Å². The Kier molecular flexibility index (Phi) is 5.89. The number of amides is 1. The number of benzene rings is 1. The van der Waals surface area contributed by atoms with E-state index in [1.165, 1.54) is 32.2 Å². The fourth-order valence-corrected chi connectivity index (χ4v) is 2.93. The molecule has 33 heavy (non-hydrogen) atoms. The molecule has 3 aromatic rings. The molecule has 0 bridgehead atoms. The van der Waals surface area contributed by atoms with E-state index in [0.717, 1.165) is 23.1 Å². The van der Waals surface area contributed by atoms with E-state index >= 15 is 0 Å². The predicted molar refractivity (Wildman–Crippen MR) is 99.9 cm³/mol. The van der Waals surface area contributed by atoms with Crippen LogP contribution in [0, 0.1) is 24.1 Å². The molecule has 0 fully saturated rings. The van der Waals surface area contributed by atoms with Gasteiger partial charge in [0.2, 0.25) is 0 Å². The number of pyridine rings is 1. The third kappa shape index (κ3) is 4.64. The van der Waals surface area contributed by atoms with Gasteiger partial charge in [0.05, 0.1) is 11.3 Å². The van der Waals surface area contributed by atoms with Gasteiger partial charge in [-0.15, -0.1) is 0 Å². The van der Waals surface area contributed by atoms with E-state index in [2.05, 4.69) is 10.1 Å². The Balaban J connectivity index is 2.25. The summed E-state index contributed by atoms with van der Waals surface area (Å²) in [5.74, 6) is -2.60. The molecule has 0 saturated carbocycles. The molecule has 1 amide bonds. The van der Waals surface area contributed by atoms with Crippen molar-refractivity contribution < 1.29 is 35.5 Å². The Morgan fingerprint density at radius 3 is 2.18 bits per heavy atom. The molecule has 0 atom stereocenters. The molecule has 0 aliphatic heterocycles. The third-order valence-electron chi connectivity index (χ3n) is 4.48. The molecule has 0 radical (unpaired) electrons. The van der Waals surface area contributed by atoms with Gasteiger partial charge in [-0.05, 0) is 43.3 Å². The molecule has 6 nitrogen and oxygen atoms in total. The normalized spacial score (nSPS) is 11.9. The number of anilines is 1. The zero-order chi connectivity index (χ0) is 24.7. The van der Waals surface area contributed by atoms with E-state index in [1.807, 2.05) is 0 Å². The van der Waals surface area contributed by atoms with Gasteiger partial charge in [0.25, 0.3) is 5.91 Å². The number of nitrogens with zero attached hydrogens (tertiary/aromatic N) is 5. The lowest BCUT2D eigenvalue weighted by atomic mass is 10.1. The van der Waals surface area contributed by atoms with Crippen LogP contribution < -0.4 is 4.90 Å². The second-order valence-corrected chi connectivity index (χ2v) is 6.78. The summed E-state index contributed by atoms with van der Waals surface area (Å²) in [7, 11) is 1.26. The van der Waals surface area contributed by atoms with E-state index in [0.29, 0.717) is 4.68 Å². The number of carbonyl (C=O) groups excluding carboxylic acids is 1. The smallest absolute Gasteiger partial charge is 0.310 e. The van der Waals surface area contributed by atoms with Crippen molar-refractivity contribution >= 4 is 11.6 Å². The van der Waals surface area contributed by atoms with Gasteiger partial charge in [-0.3, -0.25) is 4.79 Å². The number of carbonyl (C=O) groups is 1. The lowest BCUT2D eigenvalue weighted by Gasteiger charge is -2.19. The van der Waals surface area contributed by atoms with Crippen LogP contribution in [0.1, 0.15) is 33.0 Å². The number of aromatic nitrogens is 3. The van der Waals surface area contributed by atoms with Crippen LogP contribution in [0.25, 0.3) is 5.82 Å². The van der Waals surface area contributed by atoms with Crippen LogP contribution in [-0.4, -0.2) is 27.7 Å². The summed E-state index contributed by atoms with van der Waals surface area (Å²) >= 11 is 0. The Hall–Kier alpha value is -3.95. The van der Waals surface area contributed by atoms with Crippen molar-refractivity contribution in [2.75, 3.05) is 11.9 Å². The standard InChI is InChI=1S/C20H12F7N5O/c1-10-7-15(18(33)31(2)12-5-3-11(21)4-6-12)32(30-10)17-13(9-28)14(19(22,23)24)8-16(29-17)20(25,26)27/h3-8H,1-2H3. The Labute approximate surface area is 181 Å². The topological polar surface area (TPSA) is 74.8 Å². The minimum atomic E-state index is -5.32. The molecule has 3 rings (SSSR count). The highest BCUT2D eigenvalue weighted by molar-refractivity contribution is 6.05. The van der Waals surface area contributed by atoms with Crippen LogP contribution in [0.4, 0.5) is 36.4 Å². The van der Waals surface area contributed by atoms with Gasteiger partial charge in [0.15, 0.2) is 5.82 Å². The fraction of sp³-hybridized carbons (Fsp3) is 0.200. The summed E-state index contributed by atoms with van der Waals surface area (Å²) in [6.45, 7) is 1.34. The first-order chi connectivity index (χ1) is 15.2. The monoisotopic (exact) mass is 471 g/mol. The number of rotatable bonds is 3. The minimum Gasteiger partial charge on any atom is -0.310 e. The number of aryl methyl sites for hydroxylation is 1. The SMILES string of the molecule is Cc1cc(C(=O)N(C)c2ccc(F)cc2)n(-c2nc(C(F)(F)F)cc(C(F)(F)F)c2C#N)n1. The number of halogens is 7. The van der Waals surface area contributed by atoms with E-state index in [9.17, 15) is 40.8 Å². The maximum absolute atomic E-state index is 13.5. The van der Waals surface area contributed by atoms with Crippen LogP contribution >= 0.6 is 0 Å². The first-order valence-electron chi connectivity index (χ1n) is 8.94. The van der Waals surface area contributed by atoms with Crippen LogP contribution in [0.2, 0.25) is 0 Å². The fourth-order valence-electron chi connectivity index (χ4n) is 2.93. The van der Waals surface area contributed by atoms with Crippen molar-refractivity contribution in [2.45, 2.75) is 19.3 Å². The van der Waals surface area contributed by atoms with E-state index in [1.54, 1.807) is 0 Å². The highest BCUT2D eigenvalue weighted by atomic mass is 19.4. The first-order valence-corrected chi connectivity index (χ1v) is 8.94. The maximum Gasteiger partial charge on any atom is 0.433 e. The molecule has 172 valence electrons. The third-order valence-corrected chi connectivity index (χ3v) is 4.48. The van der Waals surface area contributed by atoms with Crippen LogP contribution in [0.3, 0.4) is 0 Å². The van der Waals surface area contributed by atoms with Crippen molar-refractivity contribution in [1.29, 1.82) is 5.26 Å². The van der Waals surface area contributed by atoms with Crippen molar-refractivity contribution in [1.82, 2.24) is 14.8 Å². The Morgan fingerprint density at radius 1 is 1.06 bits per heavy atom. The lowest BCUT2D eigenvalue weighted by Crippen LogP contribution is -2.29. The molecule has 2 aromatic heterocycles. The van der Waals surface area contributed by atoms with E-state index in [4.69, 9.17) is 0 Å². The molecule has 0 spiro atoms. The summed E-state index contributed by atoms with van der Waals surface area (Å²) in [6.07, 6.45) is -10.6. The number of nitriles is 1. The molecule has 0 unspecified atom stereocenters. The molecule has 0 N–H and O–H groups in total. The van der Waals surface area contributed by atoms with Crippen molar-refractivity contribution in [3.05, 3.63) is 70.4 Å². The predicted octanol–water partition coefficient (Wildman–Crippen LogP) is 4.90. The second kappa shape index (κ2) is 8.19. The Morgan fingerprint density at radius 2 is 1.67 bits per heavy atom. The molecule has 0 saturated heterocycles. The van der Waals surface area contributed by atoms with Crippen molar-refractivity contribution in [3.8, 4) is 11.9 Å². The molecular weight excluding hydrogens is 459 g/mol. The second-order valence-electron chi connectivity index (χ2n) is 6.78. The average molecular weight is 471 g/mol. The first kappa shape index (κ1) is 23.7. The number of alkyl halides is 6. The highest BCUT2D eigenvalue weighted by Gasteiger charge is 2.42. The van der Waals surface area contributed by atoms with Gasteiger partial charge in [0, 0.05) is 12.7 Å². The summed E-state index contributed by atoms with van der Waals surface area (Å²) in [6, 6.07) is 6.64. The van der Waals surface area contributed by atoms with Crippen LogP contribution in [-0.2, 0) is 12.4 Å². The average Bonchev–Trinajstić information content (AvgIpc) is 3.12. The van der Waals surface area contributed by atoms with Crippen LogP contribution in [0.15, 0.2) is 36.4 Å². The number of hydrogen-bond donors (Lipinski definition) is 0. The van der Waals surface area contributed by atoms with Gasteiger partial charge in [-0.2, -0.15) is 36.7 Å². The maximum atomic E-state index is 13.5. The van der Waals surface area contributed by atoms with Gasteiger partial charge >= 0.3 is 12.4 Å². The molecule has 1 aromatic carbocycles. The summed E-state index contributed by atoms with van der Waals surface area (Å²) in [5.41, 5.74) is -5.25. The number of hydrogen-bond acceptors (Lipinski definition) is 4. The van der Waals surface area contributed by atoms with Gasteiger partial charge in [-0.25, -0.2) is 14.1 Å².